The number of aromatic nitrogens is 1. The zero-order valence-corrected chi connectivity index (χ0v) is 16.2. The first kappa shape index (κ1) is 17.9. The number of oxazole rings is 1. The number of hydrogen-bond donors (Lipinski definition) is 1. The van der Waals surface area contributed by atoms with Crippen LogP contribution in [0.3, 0.4) is 0 Å². The molecule has 2 amide bonds. The second-order valence-electron chi connectivity index (χ2n) is 7.64. The van der Waals surface area contributed by atoms with E-state index in [1.54, 1.807) is 4.90 Å². The minimum absolute atomic E-state index is 0.00884. The molecule has 2 aromatic carbocycles. The van der Waals surface area contributed by atoms with Crippen LogP contribution in [-0.2, 0) is 16.1 Å². The van der Waals surface area contributed by atoms with Gasteiger partial charge in [0.2, 0.25) is 17.7 Å². The molecule has 7 heteroatoms. The number of fused-ring (bicyclic) bond motifs is 2. The van der Waals surface area contributed by atoms with E-state index in [-0.39, 0.29) is 18.4 Å². The Morgan fingerprint density at radius 3 is 2.83 bits per heavy atom. The molecular formula is C22H22N4O3. The van der Waals surface area contributed by atoms with Crippen LogP contribution in [0, 0.1) is 6.92 Å². The number of carbonyl (C=O) groups excluding carboxylic acids is 2. The maximum absolute atomic E-state index is 12.2. The fourth-order valence-corrected chi connectivity index (χ4v) is 4.12. The van der Waals surface area contributed by atoms with Crippen molar-refractivity contribution in [2.45, 2.75) is 19.5 Å². The molecule has 1 atom stereocenters. The molecule has 2 aliphatic heterocycles. The number of hydrogen-bond acceptors (Lipinski definition) is 5. The lowest BCUT2D eigenvalue weighted by atomic mass is 10.1. The molecule has 29 heavy (non-hydrogen) atoms. The van der Waals surface area contributed by atoms with Gasteiger partial charge < -0.3 is 14.6 Å². The minimum Gasteiger partial charge on any atom is -0.441 e. The van der Waals surface area contributed by atoms with Gasteiger partial charge in [-0.1, -0.05) is 30.3 Å². The van der Waals surface area contributed by atoms with Crippen LogP contribution < -0.4 is 5.32 Å². The average molecular weight is 390 g/mol. The summed E-state index contributed by atoms with van der Waals surface area (Å²) in [7, 11) is 0. The number of aryl methyl sites for hydroxylation is 1. The third kappa shape index (κ3) is 3.27. The Hall–Kier alpha value is -3.19. The fourth-order valence-electron chi connectivity index (χ4n) is 4.12. The third-order valence-electron chi connectivity index (χ3n) is 5.76. The SMILES string of the molecule is Cc1oc(-c2ccc3ccccc3c2)nc1CN1CCN2C(=O)CNC(=O)C2C1. The number of rotatable bonds is 3. The summed E-state index contributed by atoms with van der Waals surface area (Å²) < 4.78 is 5.95. The van der Waals surface area contributed by atoms with Crippen molar-refractivity contribution in [1.82, 2.24) is 20.1 Å². The van der Waals surface area contributed by atoms with Crippen LogP contribution in [0.1, 0.15) is 11.5 Å². The monoisotopic (exact) mass is 390 g/mol. The maximum Gasteiger partial charge on any atom is 0.244 e. The van der Waals surface area contributed by atoms with Gasteiger partial charge in [0.1, 0.15) is 11.8 Å². The number of amides is 2. The molecule has 3 aromatic rings. The van der Waals surface area contributed by atoms with E-state index in [9.17, 15) is 9.59 Å². The molecule has 2 fully saturated rings. The molecule has 0 saturated carbocycles. The molecule has 0 aliphatic carbocycles. The quantitative estimate of drug-likeness (QED) is 0.740. The minimum atomic E-state index is -0.419. The van der Waals surface area contributed by atoms with Crippen LogP contribution in [0.25, 0.3) is 22.2 Å². The standard InChI is InChI=1S/C22H22N4O3/c1-14-18(12-25-8-9-26-19(13-25)21(28)23-11-20(26)27)24-22(29-14)17-7-6-15-4-2-3-5-16(15)10-17/h2-7,10,19H,8-9,11-13H2,1H3,(H,23,28). The first-order chi connectivity index (χ1) is 14.1. The van der Waals surface area contributed by atoms with Gasteiger partial charge in [-0.2, -0.15) is 0 Å². The van der Waals surface area contributed by atoms with Crippen LogP contribution in [0.15, 0.2) is 46.9 Å². The molecule has 2 saturated heterocycles. The van der Waals surface area contributed by atoms with Crippen molar-refractivity contribution >= 4 is 22.6 Å². The molecule has 7 nitrogen and oxygen atoms in total. The van der Waals surface area contributed by atoms with Gasteiger partial charge in [0, 0.05) is 31.7 Å². The van der Waals surface area contributed by atoms with Gasteiger partial charge in [0.15, 0.2) is 0 Å². The molecule has 1 N–H and O–H groups in total. The van der Waals surface area contributed by atoms with Crippen LogP contribution in [-0.4, -0.2) is 58.8 Å². The lowest BCUT2D eigenvalue weighted by Gasteiger charge is -2.42. The highest BCUT2D eigenvalue weighted by atomic mass is 16.4. The first-order valence-corrected chi connectivity index (χ1v) is 9.83. The zero-order chi connectivity index (χ0) is 20.0. The van der Waals surface area contributed by atoms with Gasteiger partial charge in [0.05, 0.1) is 12.2 Å². The molecule has 0 spiro atoms. The highest BCUT2D eigenvalue weighted by Crippen LogP contribution is 2.26. The molecule has 0 bridgehead atoms. The van der Waals surface area contributed by atoms with E-state index in [2.05, 4.69) is 34.5 Å². The van der Waals surface area contributed by atoms with E-state index in [0.717, 1.165) is 22.4 Å². The Morgan fingerprint density at radius 2 is 1.97 bits per heavy atom. The summed E-state index contributed by atoms with van der Waals surface area (Å²) >= 11 is 0. The molecule has 2 aliphatic rings. The summed E-state index contributed by atoms with van der Waals surface area (Å²) in [4.78, 5) is 32.8. The second kappa shape index (κ2) is 7.00. The lowest BCUT2D eigenvalue weighted by molar-refractivity contribution is -0.149. The van der Waals surface area contributed by atoms with Gasteiger partial charge in [-0.15, -0.1) is 0 Å². The van der Waals surface area contributed by atoms with Crippen molar-refractivity contribution in [3.05, 3.63) is 53.9 Å². The Bertz CT molecular complexity index is 1110. The summed E-state index contributed by atoms with van der Waals surface area (Å²) in [6.45, 7) is 4.40. The normalized spacial score (nSPS) is 20.0. The summed E-state index contributed by atoms with van der Waals surface area (Å²) in [5, 5.41) is 5.00. The Kier molecular flexibility index (Phi) is 4.32. The second-order valence-corrected chi connectivity index (χ2v) is 7.64. The van der Waals surface area contributed by atoms with Crippen molar-refractivity contribution in [2.75, 3.05) is 26.2 Å². The Labute approximate surface area is 168 Å². The summed E-state index contributed by atoms with van der Waals surface area (Å²) in [6, 6.07) is 14.0. The number of benzene rings is 2. The van der Waals surface area contributed by atoms with E-state index in [0.29, 0.717) is 32.1 Å². The highest BCUT2D eigenvalue weighted by molar-refractivity contribution is 5.95. The van der Waals surface area contributed by atoms with Crippen LogP contribution in [0.4, 0.5) is 0 Å². The number of nitrogens with one attached hydrogen (secondary N) is 1. The van der Waals surface area contributed by atoms with Crippen molar-refractivity contribution < 1.29 is 14.0 Å². The van der Waals surface area contributed by atoms with Crippen LogP contribution in [0.5, 0.6) is 0 Å². The molecule has 1 unspecified atom stereocenters. The smallest absolute Gasteiger partial charge is 0.244 e. The van der Waals surface area contributed by atoms with E-state index < -0.39 is 6.04 Å². The number of piperazine rings is 2. The van der Waals surface area contributed by atoms with Gasteiger partial charge >= 0.3 is 0 Å². The maximum atomic E-state index is 12.2. The lowest BCUT2D eigenvalue weighted by Crippen LogP contribution is -2.65. The van der Waals surface area contributed by atoms with Crippen LogP contribution in [0.2, 0.25) is 0 Å². The summed E-state index contributed by atoms with van der Waals surface area (Å²) in [6.07, 6.45) is 0. The van der Waals surface area contributed by atoms with Gasteiger partial charge in [-0.05, 0) is 29.8 Å². The number of carbonyl (C=O) groups is 2. The molecule has 0 radical (unpaired) electrons. The predicted molar refractivity (Wildman–Crippen MR) is 108 cm³/mol. The topological polar surface area (TPSA) is 78.7 Å². The van der Waals surface area contributed by atoms with Crippen molar-refractivity contribution in [2.24, 2.45) is 0 Å². The van der Waals surface area contributed by atoms with Crippen molar-refractivity contribution in [3.8, 4) is 11.5 Å². The summed E-state index contributed by atoms with van der Waals surface area (Å²) in [5.74, 6) is 1.29. The van der Waals surface area contributed by atoms with Crippen LogP contribution >= 0.6 is 0 Å². The Balaban J connectivity index is 1.35. The van der Waals surface area contributed by atoms with E-state index in [1.807, 2.05) is 25.1 Å². The first-order valence-electron chi connectivity index (χ1n) is 9.83. The highest BCUT2D eigenvalue weighted by Gasteiger charge is 2.38. The molecule has 3 heterocycles. The molecular weight excluding hydrogens is 368 g/mol. The zero-order valence-electron chi connectivity index (χ0n) is 16.2. The van der Waals surface area contributed by atoms with Gasteiger partial charge in [-0.3, -0.25) is 14.5 Å². The van der Waals surface area contributed by atoms with Crippen molar-refractivity contribution in [1.29, 1.82) is 0 Å². The molecule has 1 aromatic heterocycles. The fraction of sp³-hybridized carbons (Fsp3) is 0.318. The van der Waals surface area contributed by atoms with Gasteiger partial charge in [0.25, 0.3) is 0 Å². The van der Waals surface area contributed by atoms with Gasteiger partial charge in [-0.25, -0.2) is 4.98 Å². The predicted octanol–water partition coefficient (Wildman–Crippen LogP) is 1.95. The van der Waals surface area contributed by atoms with E-state index >= 15 is 0 Å². The molecule has 148 valence electrons. The number of nitrogens with zero attached hydrogens (tertiary/aromatic N) is 3. The summed E-state index contributed by atoms with van der Waals surface area (Å²) in [5.41, 5.74) is 1.81. The van der Waals surface area contributed by atoms with E-state index in [4.69, 9.17) is 9.40 Å². The third-order valence-corrected chi connectivity index (χ3v) is 5.76. The largest absolute Gasteiger partial charge is 0.441 e. The molecule has 5 rings (SSSR count). The van der Waals surface area contributed by atoms with Crippen molar-refractivity contribution in [3.63, 3.8) is 0 Å². The van der Waals surface area contributed by atoms with E-state index in [1.165, 1.54) is 5.39 Å². The Morgan fingerprint density at radius 1 is 1.14 bits per heavy atom. The average Bonchev–Trinajstić information content (AvgIpc) is 3.11.